The summed E-state index contributed by atoms with van der Waals surface area (Å²) in [7, 11) is 0. The van der Waals surface area contributed by atoms with Crippen molar-refractivity contribution in [3.05, 3.63) is 23.8 Å². The van der Waals surface area contributed by atoms with E-state index >= 15 is 0 Å². The first-order valence-corrected chi connectivity index (χ1v) is 6.54. The Kier molecular flexibility index (Phi) is 4.57. The van der Waals surface area contributed by atoms with Crippen molar-refractivity contribution in [3.8, 4) is 5.75 Å². The molecule has 1 aliphatic heterocycles. The maximum absolute atomic E-state index is 11.8. The standard InChI is InChI=1S/C14H17NO5/c16-9-3-5-12(11(8-9)14(18)19)15-13(17)6-4-10-2-1-7-20-10/h3,5,8,10,16H,1-2,4,6-7H2,(H,15,17)(H,18,19). The molecule has 108 valence electrons. The largest absolute Gasteiger partial charge is 0.508 e. The lowest BCUT2D eigenvalue weighted by Gasteiger charge is -2.11. The van der Waals surface area contributed by atoms with Crippen molar-refractivity contribution < 1.29 is 24.5 Å². The van der Waals surface area contributed by atoms with Gasteiger partial charge in [0.2, 0.25) is 5.91 Å². The van der Waals surface area contributed by atoms with E-state index in [0.29, 0.717) is 6.42 Å². The van der Waals surface area contributed by atoms with E-state index in [9.17, 15) is 14.7 Å². The van der Waals surface area contributed by atoms with E-state index < -0.39 is 5.97 Å². The molecule has 6 heteroatoms. The summed E-state index contributed by atoms with van der Waals surface area (Å²) in [6.45, 7) is 0.743. The van der Waals surface area contributed by atoms with E-state index in [0.717, 1.165) is 25.5 Å². The van der Waals surface area contributed by atoms with Gasteiger partial charge in [0.25, 0.3) is 0 Å². The van der Waals surface area contributed by atoms with Crippen molar-refractivity contribution in [2.45, 2.75) is 31.8 Å². The number of phenolic OH excluding ortho intramolecular Hbond substituents is 1. The molecular formula is C14H17NO5. The highest BCUT2D eigenvalue weighted by atomic mass is 16.5. The molecule has 1 saturated heterocycles. The van der Waals surface area contributed by atoms with Gasteiger partial charge in [-0.3, -0.25) is 4.79 Å². The average Bonchev–Trinajstić information content (AvgIpc) is 2.91. The number of nitrogens with one attached hydrogen (secondary N) is 1. The van der Waals surface area contributed by atoms with Crippen LogP contribution in [0.25, 0.3) is 0 Å². The van der Waals surface area contributed by atoms with Crippen LogP contribution in [-0.4, -0.2) is 34.8 Å². The average molecular weight is 279 g/mol. The van der Waals surface area contributed by atoms with Crippen molar-refractivity contribution in [3.63, 3.8) is 0 Å². The van der Waals surface area contributed by atoms with Crippen LogP contribution in [0, 0.1) is 0 Å². The smallest absolute Gasteiger partial charge is 0.337 e. The van der Waals surface area contributed by atoms with Crippen LogP contribution in [-0.2, 0) is 9.53 Å². The van der Waals surface area contributed by atoms with E-state index in [1.807, 2.05) is 0 Å². The first-order chi connectivity index (χ1) is 9.56. The second-order valence-electron chi connectivity index (χ2n) is 4.76. The van der Waals surface area contributed by atoms with E-state index in [-0.39, 0.29) is 35.4 Å². The van der Waals surface area contributed by atoms with Crippen LogP contribution in [0.4, 0.5) is 5.69 Å². The molecule has 3 N–H and O–H groups in total. The minimum Gasteiger partial charge on any atom is -0.508 e. The normalized spacial score (nSPS) is 17.9. The van der Waals surface area contributed by atoms with E-state index in [1.165, 1.54) is 12.1 Å². The number of carboxylic acids is 1. The Morgan fingerprint density at radius 3 is 2.85 bits per heavy atom. The third kappa shape index (κ3) is 3.71. The zero-order valence-corrected chi connectivity index (χ0v) is 11.0. The fourth-order valence-corrected chi connectivity index (χ4v) is 2.19. The minimum absolute atomic E-state index is 0.125. The van der Waals surface area contributed by atoms with Gasteiger partial charge in [-0.05, 0) is 37.5 Å². The molecule has 1 aromatic carbocycles. The lowest BCUT2D eigenvalue weighted by Crippen LogP contribution is -2.17. The topological polar surface area (TPSA) is 95.9 Å². The molecule has 0 radical (unpaired) electrons. The number of carbonyl (C=O) groups excluding carboxylic acids is 1. The van der Waals surface area contributed by atoms with E-state index in [4.69, 9.17) is 9.84 Å². The first kappa shape index (κ1) is 14.3. The molecule has 2 rings (SSSR count). The summed E-state index contributed by atoms with van der Waals surface area (Å²) in [6, 6.07) is 3.82. The summed E-state index contributed by atoms with van der Waals surface area (Å²) in [4.78, 5) is 22.8. The van der Waals surface area contributed by atoms with Crippen molar-refractivity contribution in [1.29, 1.82) is 0 Å². The number of hydrogen-bond donors (Lipinski definition) is 3. The minimum atomic E-state index is -1.20. The second-order valence-corrected chi connectivity index (χ2v) is 4.76. The Morgan fingerprint density at radius 2 is 2.20 bits per heavy atom. The van der Waals surface area contributed by atoms with Gasteiger partial charge in [-0.25, -0.2) is 4.79 Å². The zero-order chi connectivity index (χ0) is 14.5. The summed E-state index contributed by atoms with van der Waals surface area (Å²) in [5, 5.41) is 20.9. The van der Waals surface area contributed by atoms with E-state index in [1.54, 1.807) is 0 Å². The lowest BCUT2D eigenvalue weighted by atomic mass is 10.1. The molecule has 0 bridgehead atoms. The van der Waals surface area contributed by atoms with Crippen molar-refractivity contribution >= 4 is 17.6 Å². The number of benzene rings is 1. The van der Waals surface area contributed by atoms with Crippen LogP contribution < -0.4 is 5.32 Å². The maximum atomic E-state index is 11.8. The molecule has 0 saturated carbocycles. The van der Waals surface area contributed by atoms with E-state index in [2.05, 4.69) is 5.32 Å². The van der Waals surface area contributed by atoms with Gasteiger partial charge < -0.3 is 20.3 Å². The summed E-state index contributed by atoms with van der Waals surface area (Å²) >= 11 is 0. The predicted octanol–water partition coefficient (Wildman–Crippen LogP) is 1.99. The highest BCUT2D eigenvalue weighted by molar-refractivity contribution is 6.00. The monoisotopic (exact) mass is 279 g/mol. The summed E-state index contributed by atoms with van der Waals surface area (Å²) < 4.78 is 5.42. The number of phenols is 1. The number of anilines is 1. The molecular weight excluding hydrogens is 262 g/mol. The van der Waals surface area contributed by atoms with Gasteiger partial charge in [0, 0.05) is 13.0 Å². The van der Waals surface area contributed by atoms with Gasteiger partial charge in [0.05, 0.1) is 17.4 Å². The summed E-state index contributed by atoms with van der Waals surface area (Å²) in [6.07, 6.45) is 3.02. The molecule has 1 atom stereocenters. The zero-order valence-electron chi connectivity index (χ0n) is 11.0. The van der Waals surface area contributed by atoms with Crippen molar-refractivity contribution in [1.82, 2.24) is 0 Å². The van der Waals surface area contributed by atoms with Crippen molar-refractivity contribution in [2.75, 3.05) is 11.9 Å². The Hall–Kier alpha value is -2.08. The summed E-state index contributed by atoms with van der Waals surface area (Å²) in [5.41, 5.74) is 0.0584. The quantitative estimate of drug-likeness (QED) is 0.716. The number of carboxylic acid groups (broad SMARTS) is 1. The van der Waals surface area contributed by atoms with Gasteiger partial charge >= 0.3 is 5.97 Å². The van der Waals surface area contributed by atoms with Crippen LogP contribution in [0.3, 0.4) is 0 Å². The lowest BCUT2D eigenvalue weighted by molar-refractivity contribution is -0.116. The summed E-state index contributed by atoms with van der Waals surface area (Å²) in [5.74, 6) is -1.61. The molecule has 1 heterocycles. The van der Waals surface area contributed by atoms with Gasteiger partial charge in [-0.1, -0.05) is 0 Å². The number of rotatable bonds is 5. The molecule has 20 heavy (non-hydrogen) atoms. The number of amides is 1. The highest BCUT2D eigenvalue weighted by Gasteiger charge is 2.18. The fourth-order valence-electron chi connectivity index (χ4n) is 2.19. The Morgan fingerprint density at radius 1 is 1.40 bits per heavy atom. The molecule has 1 fully saturated rings. The fraction of sp³-hybridized carbons (Fsp3) is 0.429. The molecule has 0 aliphatic carbocycles. The van der Waals surface area contributed by atoms with Gasteiger partial charge in [0.1, 0.15) is 5.75 Å². The molecule has 1 unspecified atom stereocenters. The van der Waals surface area contributed by atoms with Crippen LogP contribution in [0.15, 0.2) is 18.2 Å². The SMILES string of the molecule is O=C(CCC1CCCO1)Nc1ccc(O)cc1C(=O)O. The molecule has 1 amide bonds. The number of hydrogen-bond acceptors (Lipinski definition) is 4. The maximum Gasteiger partial charge on any atom is 0.337 e. The van der Waals surface area contributed by atoms with Gasteiger partial charge in [-0.2, -0.15) is 0 Å². The Bertz CT molecular complexity index is 508. The van der Waals surface area contributed by atoms with Crippen LogP contribution in [0.1, 0.15) is 36.0 Å². The van der Waals surface area contributed by atoms with Crippen molar-refractivity contribution in [2.24, 2.45) is 0 Å². The molecule has 0 aromatic heterocycles. The molecule has 0 spiro atoms. The number of aromatic hydroxyl groups is 1. The molecule has 6 nitrogen and oxygen atoms in total. The third-order valence-corrected chi connectivity index (χ3v) is 3.23. The second kappa shape index (κ2) is 6.38. The van der Waals surface area contributed by atoms with Gasteiger partial charge in [-0.15, -0.1) is 0 Å². The highest BCUT2D eigenvalue weighted by Crippen LogP contribution is 2.22. The molecule has 1 aliphatic rings. The van der Waals surface area contributed by atoms with Crippen LogP contribution in [0.5, 0.6) is 5.75 Å². The van der Waals surface area contributed by atoms with Crippen LogP contribution in [0.2, 0.25) is 0 Å². The first-order valence-electron chi connectivity index (χ1n) is 6.54. The number of aromatic carboxylic acids is 1. The van der Waals surface area contributed by atoms with Gasteiger partial charge in [0.15, 0.2) is 0 Å². The third-order valence-electron chi connectivity index (χ3n) is 3.23. The molecule has 1 aromatic rings. The number of carbonyl (C=O) groups is 2. The predicted molar refractivity (Wildman–Crippen MR) is 71.9 cm³/mol. The number of ether oxygens (including phenoxy) is 1. The Labute approximate surface area is 116 Å². The van der Waals surface area contributed by atoms with Crippen LogP contribution >= 0.6 is 0 Å². The Balaban J connectivity index is 1.94.